The van der Waals surface area contributed by atoms with E-state index in [1.165, 1.54) is 25.3 Å². The fourth-order valence-corrected chi connectivity index (χ4v) is 1.75. The Morgan fingerprint density at radius 2 is 2.05 bits per heavy atom. The van der Waals surface area contributed by atoms with Crippen molar-refractivity contribution in [2.24, 2.45) is 0 Å². The van der Waals surface area contributed by atoms with Gasteiger partial charge in [-0.05, 0) is 24.6 Å². The number of nitriles is 1. The maximum Gasteiger partial charge on any atom is 0.436 e. The number of aryl methyl sites for hydroxylation is 1. The summed E-state index contributed by atoms with van der Waals surface area (Å²) in [5.74, 6) is 0.204. The highest BCUT2D eigenvalue weighted by Gasteiger charge is 2.40. The second-order valence-corrected chi connectivity index (χ2v) is 3.98. The number of ether oxygens (including phenoxy) is 1. The van der Waals surface area contributed by atoms with Crippen molar-refractivity contribution in [3.05, 3.63) is 35.2 Å². The third kappa shape index (κ3) is 2.30. The first kappa shape index (κ1) is 13.9. The van der Waals surface area contributed by atoms with Crippen LogP contribution in [0.4, 0.5) is 13.2 Å². The van der Waals surface area contributed by atoms with E-state index in [1.54, 1.807) is 13.0 Å². The van der Waals surface area contributed by atoms with Crippen LogP contribution in [-0.4, -0.2) is 22.1 Å². The Hall–Kier alpha value is -2.56. The average molecular weight is 282 g/mol. The van der Waals surface area contributed by atoms with Crippen LogP contribution in [-0.2, 0) is 6.18 Å². The minimum Gasteiger partial charge on any atom is -0.494 e. The molecule has 0 aliphatic rings. The van der Waals surface area contributed by atoms with Crippen molar-refractivity contribution in [2.75, 3.05) is 7.11 Å². The maximum atomic E-state index is 13.1. The molecule has 0 atom stereocenters. The highest BCUT2D eigenvalue weighted by Crippen LogP contribution is 2.34. The van der Waals surface area contributed by atoms with Gasteiger partial charge in [0, 0.05) is 0 Å². The van der Waals surface area contributed by atoms with Gasteiger partial charge in [0.1, 0.15) is 17.5 Å². The van der Waals surface area contributed by atoms with Gasteiger partial charge in [0.2, 0.25) is 0 Å². The summed E-state index contributed by atoms with van der Waals surface area (Å²) in [4.78, 5) is 0. The first-order chi connectivity index (χ1) is 9.38. The van der Waals surface area contributed by atoms with Crippen molar-refractivity contribution < 1.29 is 17.9 Å². The van der Waals surface area contributed by atoms with E-state index in [2.05, 4.69) is 10.3 Å². The molecule has 0 bridgehead atoms. The lowest BCUT2D eigenvalue weighted by Gasteiger charge is -2.13. The molecule has 0 aliphatic heterocycles. The van der Waals surface area contributed by atoms with Crippen molar-refractivity contribution in [1.82, 2.24) is 15.0 Å². The molecule has 104 valence electrons. The summed E-state index contributed by atoms with van der Waals surface area (Å²) in [6.07, 6.45) is -4.75. The summed E-state index contributed by atoms with van der Waals surface area (Å²) in [6.45, 7) is 1.72. The second-order valence-electron chi connectivity index (χ2n) is 3.98. The molecule has 0 radical (unpaired) electrons. The molecule has 0 amide bonds. The van der Waals surface area contributed by atoms with Crippen LogP contribution in [0.15, 0.2) is 18.2 Å². The largest absolute Gasteiger partial charge is 0.494 e. The molecule has 8 heteroatoms. The number of hydrogen-bond donors (Lipinski definition) is 0. The van der Waals surface area contributed by atoms with Gasteiger partial charge in [-0.25, -0.2) is 4.68 Å². The summed E-state index contributed by atoms with van der Waals surface area (Å²) in [5, 5.41) is 15.4. The fourth-order valence-electron chi connectivity index (χ4n) is 1.75. The zero-order valence-corrected chi connectivity index (χ0v) is 10.6. The van der Waals surface area contributed by atoms with Crippen LogP contribution in [0.25, 0.3) is 5.69 Å². The Bertz CT molecular complexity index is 685. The zero-order valence-electron chi connectivity index (χ0n) is 10.6. The number of aromatic nitrogens is 3. The zero-order chi connectivity index (χ0) is 14.9. The first-order valence-corrected chi connectivity index (χ1v) is 5.46. The van der Waals surface area contributed by atoms with E-state index < -0.39 is 17.6 Å². The lowest BCUT2D eigenvalue weighted by molar-refractivity contribution is -0.143. The van der Waals surface area contributed by atoms with E-state index in [1.807, 2.05) is 0 Å². The second kappa shape index (κ2) is 4.85. The monoisotopic (exact) mass is 282 g/mol. The first-order valence-electron chi connectivity index (χ1n) is 5.46. The quantitative estimate of drug-likeness (QED) is 0.848. The Morgan fingerprint density at radius 1 is 1.35 bits per heavy atom. The molecular weight excluding hydrogens is 273 g/mol. The summed E-state index contributed by atoms with van der Waals surface area (Å²) in [6, 6.07) is 6.08. The highest BCUT2D eigenvalue weighted by atomic mass is 19.4. The number of alkyl halides is 3. The molecular formula is C12H9F3N4O. The molecule has 2 rings (SSSR count). The SMILES string of the molecule is COc1ccc(C)cc1-n1nnc(C#N)c1C(F)(F)F. The molecule has 5 nitrogen and oxygen atoms in total. The number of benzene rings is 1. The van der Waals surface area contributed by atoms with Gasteiger partial charge in [-0.15, -0.1) is 5.10 Å². The lowest BCUT2D eigenvalue weighted by atomic mass is 10.2. The summed E-state index contributed by atoms with van der Waals surface area (Å²) < 4.78 is 44.8. The van der Waals surface area contributed by atoms with Gasteiger partial charge in [0.25, 0.3) is 0 Å². The Balaban J connectivity index is 2.75. The maximum absolute atomic E-state index is 13.1. The topological polar surface area (TPSA) is 63.7 Å². The molecule has 0 saturated carbocycles. The predicted octanol–water partition coefficient (Wildman–Crippen LogP) is 2.47. The minimum absolute atomic E-state index is 0.0776. The van der Waals surface area contributed by atoms with Gasteiger partial charge in [0.15, 0.2) is 11.4 Å². The van der Waals surface area contributed by atoms with Crippen molar-refractivity contribution >= 4 is 0 Å². The third-order valence-electron chi connectivity index (χ3n) is 2.61. The smallest absolute Gasteiger partial charge is 0.436 e. The van der Waals surface area contributed by atoms with Crippen molar-refractivity contribution in [3.8, 4) is 17.5 Å². The lowest BCUT2D eigenvalue weighted by Crippen LogP contribution is -2.15. The van der Waals surface area contributed by atoms with Gasteiger partial charge in [0.05, 0.1) is 7.11 Å². The molecule has 0 saturated heterocycles. The molecule has 1 aromatic heterocycles. The van der Waals surface area contributed by atoms with Crippen LogP contribution in [0.3, 0.4) is 0 Å². The molecule has 1 heterocycles. The third-order valence-corrected chi connectivity index (χ3v) is 2.61. The van der Waals surface area contributed by atoms with Crippen LogP contribution in [0, 0.1) is 18.3 Å². The van der Waals surface area contributed by atoms with Crippen molar-refractivity contribution in [3.63, 3.8) is 0 Å². The molecule has 0 N–H and O–H groups in total. The Kier molecular flexibility index (Phi) is 3.36. The van der Waals surface area contributed by atoms with Crippen molar-refractivity contribution in [2.45, 2.75) is 13.1 Å². The van der Waals surface area contributed by atoms with Crippen LogP contribution in [0.1, 0.15) is 17.0 Å². The number of nitrogens with zero attached hydrogens (tertiary/aromatic N) is 4. The minimum atomic E-state index is -4.75. The van der Waals surface area contributed by atoms with Crippen LogP contribution >= 0.6 is 0 Å². The van der Waals surface area contributed by atoms with Gasteiger partial charge in [-0.3, -0.25) is 0 Å². The summed E-state index contributed by atoms with van der Waals surface area (Å²) in [5.41, 5.74) is -1.19. The van der Waals surface area contributed by atoms with Crippen LogP contribution < -0.4 is 4.74 Å². The molecule has 0 spiro atoms. The normalized spacial score (nSPS) is 11.2. The molecule has 0 aliphatic carbocycles. The standard InChI is InChI=1S/C12H9F3N4O/c1-7-3-4-10(20-2)9(5-7)19-11(12(13,14)15)8(6-16)17-18-19/h3-5H,1-2H3. The van der Waals surface area contributed by atoms with E-state index in [9.17, 15) is 13.2 Å². The number of hydrogen-bond acceptors (Lipinski definition) is 4. The summed E-state index contributed by atoms with van der Waals surface area (Å²) in [7, 11) is 1.34. The van der Waals surface area contributed by atoms with E-state index in [-0.39, 0.29) is 11.4 Å². The number of halogens is 3. The Labute approximate surface area is 112 Å². The number of rotatable bonds is 2. The van der Waals surface area contributed by atoms with Gasteiger partial charge in [-0.1, -0.05) is 11.3 Å². The summed E-state index contributed by atoms with van der Waals surface area (Å²) >= 11 is 0. The Morgan fingerprint density at radius 3 is 2.60 bits per heavy atom. The van der Waals surface area contributed by atoms with E-state index in [0.29, 0.717) is 4.68 Å². The molecule has 0 unspecified atom stereocenters. The van der Waals surface area contributed by atoms with Crippen LogP contribution in [0.2, 0.25) is 0 Å². The van der Waals surface area contributed by atoms with Crippen LogP contribution in [0.5, 0.6) is 5.75 Å². The van der Waals surface area contributed by atoms with Gasteiger partial charge >= 0.3 is 6.18 Å². The molecule has 2 aromatic rings. The predicted molar refractivity (Wildman–Crippen MR) is 62.4 cm³/mol. The molecule has 20 heavy (non-hydrogen) atoms. The molecule has 0 fully saturated rings. The van der Waals surface area contributed by atoms with Crippen molar-refractivity contribution in [1.29, 1.82) is 5.26 Å². The van der Waals surface area contributed by atoms with Gasteiger partial charge in [-0.2, -0.15) is 18.4 Å². The highest BCUT2D eigenvalue weighted by molar-refractivity contribution is 5.50. The van der Waals surface area contributed by atoms with E-state index in [4.69, 9.17) is 10.00 Å². The number of methoxy groups -OCH3 is 1. The van der Waals surface area contributed by atoms with E-state index in [0.717, 1.165) is 5.56 Å². The molecule has 1 aromatic carbocycles. The van der Waals surface area contributed by atoms with Gasteiger partial charge < -0.3 is 4.74 Å². The fraction of sp³-hybridized carbons (Fsp3) is 0.250. The van der Waals surface area contributed by atoms with E-state index >= 15 is 0 Å². The average Bonchev–Trinajstić information content (AvgIpc) is 2.82.